The highest BCUT2D eigenvalue weighted by atomic mass is 19.1. The van der Waals surface area contributed by atoms with Crippen LogP contribution in [0.3, 0.4) is 0 Å². The third-order valence-corrected chi connectivity index (χ3v) is 3.74. The summed E-state index contributed by atoms with van der Waals surface area (Å²) in [5.74, 6) is 0.344. The summed E-state index contributed by atoms with van der Waals surface area (Å²) >= 11 is 0. The summed E-state index contributed by atoms with van der Waals surface area (Å²) in [4.78, 5) is 0. The summed E-state index contributed by atoms with van der Waals surface area (Å²) in [6.07, 6.45) is 2.43. The van der Waals surface area contributed by atoms with E-state index in [-0.39, 0.29) is 18.5 Å². The molecule has 0 radical (unpaired) electrons. The molecule has 0 aliphatic heterocycles. The van der Waals surface area contributed by atoms with Gasteiger partial charge in [-0.1, -0.05) is 30.3 Å². The van der Waals surface area contributed by atoms with Crippen LogP contribution in [0.4, 0.5) is 10.1 Å². The van der Waals surface area contributed by atoms with Crippen molar-refractivity contribution in [3.05, 3.63) is 65.5 Å². The predicted molar refractivity (Wildman–Crippen MR) is 78.3 cm³/mol. The number of halogens is 1. The lowest BCUT2D eigenvalue weighted by atomic mass is 9.97. The first-order valence-electron chi connectivity index (χ1n) is 6.99. The number of aliphatic hydroxyl groups excluding tert-OH is 1. The Labute approximate surface area is 118 Å². The fraction of sp³-hybridized carbons (Fsp3) is 0.294. The van der Waals surface area contributed by atoms with Crippen molar-refractivity contribution in [3.63, 3.8) is 0 Å². The van der Waals surface area contributed by atoms with Crippen LogP contribution in [0.5, 0.6) is 0 Å². The zero-order chi connectivity index (χ0) is 13.9. The second kappa shape index (κ2) is 5.63. The maximum absolute atomic E-state index is 13.2. The normalized spacial score (nSPS) is 15.9. The standard InChI is InChI=1S/C17H18FNO/c18-13-4-3-5-14(10-13)19-17(11-20)16-7-2-1-6-15(16)12-8-9-12/h1-7,10,12,17,19-20H,8-9,11H2. The molecule has 1 atom stereocenters. The lowest BCUT2D eigenvalue weighted by Gasteiger charge is -2.21. The summed E-state index contributed by atoms with van der Waals surface area (Å²) in [5, 5.41) is 12.9. The first-order valence-corrected chi connectivity index (χ1v) is 6.99. The Balaban J connectivity index is 1.86. The molecule has 2 aromatic rings. The lowest BCUT2D eigenvalue weighted by molar-refractivity contribution is 0.276. The van der Waals surface area contributed by atoms with Gasteiger partial charge in [0, 0.05) is 5.69 Å². The van der Waals surface area contributed by atoms with Gasteiger partial charge in [0.25, 0.3) is 0 Å². The minimum absolute atomic E-state index is 0.0136. The van der Waals surface area contributed by atoms with Gasteiger partial charge in [0.1, 0.15) is 5.82 Å². The van der Waals surface area contributed by atoms with Gasteiger partial charge in [-0.05, 0) is 48.1 Å². The molecule has 0 aromatic heterocycles. The van der Waals surface area contributed by atoms with Crippen molar-refractivity contribution in [2.75, 3.05) is 11.9 Å². The molecule has 0 spiro atoms. The van der Waals surface area contributed by atoms with Crippen LogP contribution in [0.25, 0.3) is 0 Å². The fourth-order valence-corrected chi connectivity index (χ4v) is 2.60. The number of aliphatic hydroxyl groups is 1. The van der Waals surface area contributed by atoms with Crippen LogP contribution in [-0.4, -0.2) is 11.7 Å². The van der Waals surface area contributed by atoms with Crippen LogP contribution in [0.15, 0.2) is 48.5 Å². The van der Waals surface area contributed by atoms with Gasteiger partial charge >= 0.3 is 0 Å². The molecule has 0 amide bonds. The molecule has 2 aromatic carbocycles. The fourth-order valence-electron chi connectivity index (χ4n) is 2.60. The van der Waals surface area contributed by atoms with Gasteiger partial charge < -0.3 is 10.4 Å². The van der Waals surface area contributed by atoms with Crippen molar-refractivity contribution in [2.24, 2.45) is 0 Å². The third-order valence-electron chi connectivity index (χ3n) is 3.74. The average Bonchev–Trinajstić information content (AvgIpc) is 3.29. The van der Waals surface area contributed by atoms with Gasteiger partial charge in [-0.25, -0.2) is 4.39 Å². The maximum atomic E-state index is 13.2. The van der Waals surface area contributed by atoms with Gasteiger partial charge in [-0.2, -0.15) is 0 Å². The number of anilines is 1. The Morgan fingerprint density at radius 3 is 2.65 bits per heavy atom. The maximum Gasteiger partial charge on any atom is 0.125 e. The Bertz CT molecular complexity index is 595. The summed E-state index contributed by atoms with van der Waals surface area (Å²) in [5.41, 5.74) is 3.10. The number of hydrogen-bond acceptors (Lipinski definition) is 2. The molecule has 1 unspecified atom stereocenters. The van der Waals surface area contributed by atoms with Gasteiger partial charge in [-0.3, -0.25) is 0 Å². The van der Waals surface area contributed by atoms with Crippen molar-refractivity contribution in [1.82, 2.24) is 0 Å². The lowest BCUT2D eigenvalue weighted by Crippen LogP contribution is -2.16. The minimum atomic E-state index is -0.276. The van der Waals surface area contributed by atoms with Crippen molar-refractivity contribution in [1.29, 1.82) is 0 Å². The molecule has 20 heavy (non-hydrogen) atoms. The van der Waals surface area contributed by atoms with E-state index in [1.807, 2.05) is 24.3 Å². The van der Waals surface area contributed by atoms with Crippen LogP contribution in [0, 0.1) is 5.82 Å². The number of nitrogens with one attached hydrogen (secondary N) is 1. The number of benzene rings is 2. The Morgan fingerprint density at radius 1 is 1.15 bits per heavy atom. The van der Waals surface area contributed by atoms with Crippen LogP contribution in [0.2, 0.25) is 0 Å². The molecule has 1 aliphatic carbocycles. The van der Waals surface area contributed by atoms with Crippen molar-refractivity contribution >= 4 is 5.69 Å². The average molecular weight is 271 g/mol. The van der Waals surface area contributed by atoms with E-state index in [1.54, 1.807) is 6.07 Å². The van der Waals surface area contributed by atoms with E-state index in [9.17, 15) is 9.50 Å². The van der Waals surface area contributed by atoms with Crippen molar-refractivity contribution in [2.45, 2.75) is 24.8 Å². The van der Waals surface area contributed by atoms with Crippen molar-refractivity contribution < 1.29 is 9.50 Å². The van der Waals surface area contributed by atoms with E-state index < -0.39 is 0 Å². The molecule has 0 saturated heterocycles. The summed E-state index contributed by atoms with van der Waals surface area (Å²) < 4.78 is 13.2. The highest BCUT2D eigenvalue weighted by Crippen LogP contribution is 2.43. The SMILES string of the molecule is OCC(Nc1cccc(F)c1)c1ccccc1C1CC1. The van der Waals surface area contributed by atoms with Crippen molar-refractivity contribution in [3.8, 4) is 0 Å². The summed E-state index contributed by atoms with van der Waals surface area (Å²) in [6.45, 7) is -0.0136. The molecule has 0 heterocycles. The third kappa shape index (κ3) is 2.83. The molecule has 0 bridgehead atoms. The molecule has 3 heteroatoms. The van der Waals surface area contributed by atoms with Gasteiger partial charge in [0.2, 0.25) is 0 Å². The molecular formula is C17H18FNO. The van der Waals surface area contributed by atoms with Gasteiger partial charge in [0.15, 0.2) is 0 Å². The van der Waals surface area contributed by atoms with E-state index >= 15 is 0 Å². The number of hydrogen-bond donors (Lipinski definition) is 2. The van der Waals surface area contributed by atoms with E-state index in [4.69, 9.17) is 0 Å². The van der Waals surface area contributed by atoms with E-state index in [0.717, 1.165) is 5.56 Å². The molecule has 1 fully saturated rings. The summed E-state index contributed by atoms with van der Waals surface area (Å²) in [7, 11) is 0. The molecular weight excluding hydrogens is 253 g/mol. The minimum Gasteiger partial charge on any atom is -0.394 e. The van der Waals surface area contributed by atoms with Gasteiger partial charge in [0.05, 0.1) is 12.6 Å². The quantitative estimate of drug-likeness (QED) is 0.865. The van der Waals surface area contributed by atoms with E-state index in [0.29, 0.717) is 11.6 Å². The van der Waals surface area contributed by atoms with E-state index in [1.165, 1.54) is 30.5 Å². The molecule has 2 nitrogen and oxygen atoms in total. The first kappa shape index (κ1) is 13.1. The highest BCUT2D eigenvalue weighted by molar-refractivity contribution is 5.47. The highest BCUT2D eigenvalue weighted by Gasteiger charge is 2.27. The molecule has 3 rings (SSSR count). The Hall–Kier alpha value is -1.87. The van der Waals surface area contributed by atoms with Crippen LogP contribution < -0.4 is 5.32 Å². The van der Waals surface area contributed by atoms with Crippen LogP contribution >= 0.6 is 0 Å². The zero-order valence-corrected chi connectivity index (χ0v) is 11.2. The Kier molecular flexibility index (Phi) is 3.70. The predicted octanol–water partition coefficient (Wildman–Crippen LogP) is 3.85. The Morgan fingerprint density at radius 2 is 1.95 bits per heavy atom. The second-order valence-corrected chi connectivity index (χ2v) is 5.29. The monoisotopic (exact) mass is 271 g/mol. The zero-order valence-electron chi connectivity index (χ0n) is 11.2. The topological polar surface area (TPSA) is 32.3 Å². The molecule has 2 N–H and O–H groups in total. The smallest absolute Gasteiger partial charge is 0.125 e. The number of rotatable bonds is 5. The molecule has 1 aliphatic rings. The van der Waals surface area contributed by atoms with Crippen LogP contribution in [-0.2, 0) is 0 Å². The second-order valence-electron chi connectivity index (χ2n) is 5.29. The summed E-state index contributed by atoms with van der Waals surface area (Å²) in [6, 6.07) is 14.3. The molecule has 104 valence electrons. The first-order chi connectivity index (χ1) is 9.78. The van der Waals surface area contributed by atoms with Crippen LogP contribution in [0.1, 0.15) is 35.9 Å². The molecule has 1 saturated carbocycles. The van der Waals surface area contributed by atoms with Gasteiger partial charge in [-0.15, -0.1) is 0 Å². The van der Waals surface area contributed by atoms with E-state index in [2.05, 4.69) is 11.4 Å². The largest absolute Gasteiger partial charge is 0.394 e.